The molecule has 0 spiro atoms. The molecular weight excluding hydrogens is 184 g/mol. The van der Waals surface area contributed by atoms with Crippen molar-refractivity contribution in [2.75, 3.05) is 0 Å². The average Bonchev–Trinajstić information content (AvgIpc) is 2.09. The Bertz CT molecular complexity index is 182. The maximum Gasteiger partial charge on any atom is 0.324 e. The molecule has 0 aliphatic rings. The number of nitrogens with one attached hydrogen (secondary N) is 4. The van der Waals surface area contributed by atoms with E-state index in [1.807, 2.05) is 27.7 Å². The van der Waals surface area contributed by atoms with Crippen LogP contribution >= 0.6 is 0 Å². The topological polar surface area (TPSA) is 82.3 Å². The Hall–Kier alpha value is -1.14. The average molecular weight is 202 g/mol. The SMILES string of the molecule is CC(C)NNC(=O)C(=O)NNC(C)C. The summed E-state index contributed by atoms with van der Waals surface area (Å²) in [7, 11) is 0. The molecule has 0 unspecified atom stereocenters. The summed E-state index contributed by atoms with van der Waals surface area (Å²) in [5.41, 5.74) is 9.78. The van der Waals surface area contributed by atoms with E-state index in [1.165, 1.54) is 0 Å². The lowest BCUT2D eigenvalue weighted by atomic mass is 10.4. The first kappa shape index (κ1) is 12.9. The molecule has 0 radical (unpaired) electrons. The van der Waals surface area contributed by atoms with Gasteiger partial charge in [0, 0.05) is 12.1 Å². The molecule has 0 rings (SSSR count). The summed E-state index contributed by atoms with van der Waals surface area (Å²) in [4.78, 5) is 22.1. The van der Waals surface area contributed by atoms with Crippen LogP contribution in [-0.2, 0) is 9.59 Å². The Morgan fingerprint density at radius 1 is 0.786 bits per heavy atom. The standard InChI is InChI=1S/C8H18N4O2/c1-5(2)9-11-7(13)8(14)12-10-6(3)4/h5-6,9-10H,1-4H3,(H,11,13)(H,12,14). The summed E-state index contributed by atoms with van der Waals surface area (Å²) < 4.78 is 0. The summed E-state index contributed by atoms with van der Waals surface area (Å²) in [5.74, 6) is -1.43. The van der Waals surface area contributed by atoms with Crippen molar-refractivity contribution < 1.29 is 9.59 Å². The molecule has 0 saturated carbocycles. The molecule has 4 N–H and O–H groups in total. The lowest BCUT2D eigenvalue weighted by molar-refractivity contribution is -0.140. The van der Waals surface area contributed by atoms with Crippen LogP contribution in [0.2, 0.25) is 0 Å². The van der Waals surface area contributed by atoms with Gasteiger partial charge < -0.3 is 0 Å². The summed E-state index contributed by atoms with van der Waals surface area (Å²) in [6.07, 6.45) is 0. The van der Waals surface area contributed by atoms with Gasteiger partial charge in [-0.05, 0) is 27.7 Å². The minimum absolute atomic E-state index is 0.0878. The third kappa shape index (κ3) is 6.38. The lowest BCUT2D eigenvalue weighted by Crippen LogP contribution is -2.52. The second kappa shape index (κ2) is 6.33. The zero-order chi connectivity index (χ0) is 11.1. The summed E-state index contributed by atoms with van der Waals surface area (Å²) in [6, 6.07) is 0.176. The summed E-state index contributed by atoms with van der Waals surface area (Å²) in [5, 5.41) is 0. The Balaban J connectivity index is 3.71. The van der Waals surface area contributed by atoms with Crippen molar-refractivity contribution in [3.8, 4) is 0 Å². The lowest BCUT2D eigenvalue weighted by Gasteiger charge is -2.11. The highest BCUT2D eigenvalue weighted by Crippen LogP contribution is 1.73. The van der Waals surface area contributed by atoms with Crippen molar-refractivity contribution in [2.45, 2.75) is 39.8 Å². The van der Waals surface area contributed by atoms with Crippen LogP contribution in [0.5, 0.6) is 0 Å². The molecular formula is C8H18N4O2. The van der Waals surface area contributed by atoms with Gasteiger partial charge >= 0.3 is 11.8 Å². The molecule has 0 fully saturated rings. The van der Waals surface area contributed by atoms with Crippen LogP contribution in [0.3, 0.4) is 0 Å². The van der Waals surface area contributed by atoms with Gasteiger partial charge in [0.2, 0.25) is 0 Å². The van der Waals surface area contributed by atoms with E-state index in [-0.39, 0.29) is 12.1 Å². The highest BCUT2D eigenvalue weighted by atomic mass is 16.2. The first-order valence-electron chi connectivity index (χ1n) is 4.54. The summed E-state index contributed by atoms with van der Waals surface area (Å²) in [6.45, 7) is 7.41. The Morgan fingerprint density at radius 2 is 1.07 bits per heavy atom. The predicted octanol–water partition coefficient (Wildman–Crippen LogP) is -0.955. The third-order valence-corrected chi connectivity index (χ3v) is 1.15. The largest absolute Gasteiger partial charge is 0.324 e. The Kier molecular flexibility index (Phi) is 5.82. The number of hydrazine groups is 2. The highest BCUT2D eigenvalue weighted by molar-refractivity contribution is 6.34. The van der Waals surface area contributed by atoms with Crippen LogP contribution < -0.4 is 21.7 Å². The molecule has 0 aromatic heterocycles. The second-order valence-electron chi connectivity index (χ2n) is 3.51. The smallest absolute Gasteiger partial charge is 0.283 e. The number of amides is 2. The van der Waals surface area contributed by atoms with E-state index in [9.17, 15) is 9.59 Å². The van der Waals surface area contributed by atoms with Crippen LogP contribution in [0.4, 0.5) is 0 Å². The van der Waals surface area contributed by atoms with Crippen LogP contribution in [0.25, 0.3) is 0 Å². The molecule has 14 heavy (non-hydrogen) atoms. The van der Waals surface area contributed by atoms with Gasteiger partial charge in [0.25, 0.3) is 0 Å². The molecule has 0 aromatic carbocycles. The van der Waals surface area contributed by atoms with Crippen molar-refractivity contribution in [3.63, 3.8) is 0 Å². The van der Waals surface area contributed by atoms with Crippen molar-refractivity contribution in [1.82, 2.24) is 21.7 Å². The highest BCUT2D eigenvalue weighted by Gasteiger charge is 2.12. The third-order valence-electron chi connectivity index (χ3n) is 1.15. The summed E-state index contributed by atoms with van der Waals surface area (Å²) >= 11 is 0. The first-order valence-corrected chi connectivity index (χ1v) is 4.54. The molecule has 0 aliphatic heterocycles. The molecule has 0 atom stereocenters. The Morgan fingerprint density at radius 3 is 1.29 bits per heavy atom. The minimum Gasteiger partial charge on any atom is -0.283 e. The van der Waals surface area contributed by atoms with E-state index in [2.05, 4.69) is 21.7 Å². The van der Waals surface area contributed by atoms with Gasteiger partial charge in [0.1, 0.15) is 0 Å². The maximum atomic E-state index is 11.0. The molecule has 0 bridgehead atoms. The number of carbonyl (C=O) groups is 2. The van der Waals surface area contributed by atoms with Crippen LogP contribution in [0.1, 0.15) is 27.7 Å². The number of carbonyl (C=O) groups excluding carboxylic acids is 2. The van der Waals surface area contributed by atoms with Gasteiger partial charge in [0.15, 0.2) is 0 Å². The van der Waals surface area contributed by atoms with E-state index in [0.29, 0.717) is 0 Å². The van der Waals surface area contributed by atoms with Crippen molar-refractivity contribution >= 4 is 11.8 Å². The van der Waals surface area contributed by atoms with Gasteiger partial charge in [-0.3, -0.25) is 20.4 Å². The van der Waals surface area contributed by atoms with Crippen molar-refractivity contribution in [1.29, 1.82) is 0 Å². The first-order chi connectivity index (χ1) is 6.43. The quantitative estimate of drug-likeness (QED) is 0.350. The minimum atomic E-state index is -0.716. The van der Waals surface area contributed by atoms with E-state index in [0.717, 1.165) is 0 Å². The van der Waals surface area contributed by atoms with Crippen molar-refractivity contribution in [3.05, 3.63) is 0 Å². The normalized spacial score (nSPS) is 10.4. The second-order valence-corrected chi connectivity index (χ2v) is 3.51. The molecule has 0 aromatic rings. The zero-order valence-corrected chi connectivity index (χ0v) is 8.97. The van der Waals surface area contributed by atoms with Crippen LogP contribution in [0, 0.1) is 0 Å². The van der Waals surface area contributed by atoms with Gasteiger partial charge in [-0.15, -0.1) is 0 Å². The molecule has 6 heteroatoms. The zero-order valence-electron chi connectivity index (χ0n) is 8.97. The molecule has 2 amide bonds. The van der Waals surface area contributed by atoms with E-state index in [1.54, 1.807) is 0 Å². The fourth-order valence-electron chi connectivity index (χ4n) is 0.533. The number of rotatable bonds is 4. The van der Waals surface area contributed by atoms with E-state index < -0.39 is 11.8 Å². The maximum absolute atomic E-state index is 11.0. The molecule has 82 valence electrons. The molecule has 0 heterocycles. The van der Waals surface area contributed by atoms with Gasteiger partial charge in [-0.2, -0.15) is 0 Å². The van der Waals surface area contributed by atoms with E-state index in [4.69, 9.17) is 0 Å². The van der Waals surface area contributed by atoms with Gasteiger partial charge in [0.05, 0.1) is 0 Å². The van der Waals surface area contributed by atoms with Gasteiger partial charge in [-0.25, -0.2) is 10.9 Å². The molecule has 0 saturated heterocycles. The monoisotopic (exact) mass is 202 g/mol. The molecule has 0 aliphatic carbocycles. The van der Waals surface area contributed by atoms with Crippen LogP contribution in [-0.4, -0.2) is 23.9 Å². The number of hydrogen-bond donors (Lipinski definition) is 4. The van der Waals surface area contributed by atoms with Crippen molar-refractivity contribution in [2.24, 2.45) is 0 Å². The predicted molar refractivity (Wildman–Crippen MR) is 52.8 cm³/mol. The molecule has 6 nitrogen and oxygen atoms in total. The Labute approximate surface area is 83.8 Å². The van der Waals surface area contributed by atoms with Gasteiger partial charge in [-0.1, -0.05) is 0 Å². The van der Waals surface area contributed by atoms with Crippen LogP contribution in [0.15, 0.2) is 0 Å². The fraction of sp³-hybridized carbons (Fsp3) is 0.750. The number of hydrogen-bond acceptors (Lipinski definition) is 4. The fourth-order valence-corrected chi connectivity index (χ4v) is 0.533. The van der Waals surface area contributed by atoms with E-state index >= 15 is 0 Å².